The van der Waals surface area contributed by atoms with Gasteiger partial charge < -0.3 is 5.32 Å². The van der Waals surface area contributed by atoms with Gasteiger partial charge in [-0.25, -0.2) is 0 Å². The van der Waals surface area contributed by atoms with Crippen LogP contribution in [0.5, 0.6) is 0 Å². The summed E-state index contributed by atoms with van der Waals surface area (Å²) < 4.78 is 0. The summed E-state index contributed by atoms with van der Waals surface area (Å²) in [5, 5.41) is 8.35. The van der Waals surface area contributed by atoms with Crippen LogP contribution in [0.4, 0.5) is 0 Å². The molecular formula is C19H25NS. The molecule has 2 aromatic rings. The van der Waals surface area contributed by atoms with Crippen LogP contribution in [0.1, 0.15) is 43.7 Å². The van der Waals surface area contributed by atoms with Gasteiger partial charge in [-0.1, -0.05) is 43.7 Å². The molecule has 1 atom stereocenters. The van der Waals surface area contributed by atoms with Crippen LogP contribution in [0.3, 0.4) is 0 Å². The van der Waals surface area contributed by atoms with Gasteiger partial charge in [-0.2, -0.15) is 11.3 Å². The first-order valence-corrected chi connectivity index (χ1v) is 9.09. The molecule has 1 aliphatic rings. The number of hydrogen-bond donors (Lipinski definition) is 1. The van der Waals surface area contributed by atoms with Gasteiger partial charge in [-0.05, 0) is 60.2 Å². The normalized spacial score (nSPS) is 18.1. The van der Waals surface area contributed by atoms with Crippen LogP contribution < -0.4 is 5.32 Å². The van der Waals surface area contributed by atoms with Gasteiger partial charge in [0.15, 0.2) is 0 Å². The van der Waals surface area contributed by atoms with Crippen molar-refractivity contribution in [3.8, 4) is 0 Å². The first kappa shape index (κ1) is 14.8. The molecule has 0 radical (unpaired) electrons. The van der Waals surface area contributed by atoms with Crippen molar-refractivity contribution < 1.29 is 0 Å². The Bertz CT molecular complexity index is 528. The summed E-state index contributed by atoms with van der Waals surface area (Å²) in [6.45, 7) is 3.37. The molecule has 1 nitrogen and oxygen atoms in total. The van der Waals surface area contributed by atoms with Gasteiger partial charge in [0.2, 0.25) is 0 Å². The Balaban J connectivity index is 1.86. The average Bonchev–Trinajstić information content (AvgIpc) is 2.97. The smallest absolute Gasteiger partial charge is 0.0205 e. The second kappa shape index (κ2) is 6.76. The SMILES string of the molecule is CCCNC(Cc1ccsc1)C1(c2ccccc2)CCC1. The van der Waals surface area contributed by atoms with Crippen molar-refractivity contribution in [2.45, 2.75) is 50.5 Å². The fourth-order valence-corrected chi connectivity index (χ4v) is 4.27. The minimum atomic E-state index is 0.346. The lowest BCUT2D eigenvalue weighted by Crippen LogP contribution is -2.54. The molecule has 0 saturated heterocycles. The fourth-order valence-electron chi connectivity index (χ4n) is 3.59. The highest BCUT2D eigenvalue weighted by Gasteiger charge is 2.44. The predicted molar refractivity (Wildman–Crippen MR) is 92.1 cm³/mol. The molecule has 0 aliphatic heterocycles. The van der Waals surface area contributed by atoms with Crippen LogP contribution in [0, 0.1) is 0 Å². The molecule has 1 fully saturated rings. The first-order valence-electron chi connectivity index (χ1n) is 8.15. The number of rotatable bonds is 7. The molecule has 21 heavy (non-hydrogen) atoms. The first-order chi connectivity index (χ1) is 10.3. The van der Waals surface area contributed by atoms with E-state index in [4.69, 9.17) is 0 Å². The van der Waals surface area contributed by atoms with Gasteiger partial charge >= 0.3 is 0 Å². The molecule has 3 rings (SSSR count). The number of hydrogen-bond acceptors (Lipinski definition) is 2. The van der Waals surface area contributed by atoms with Crippen LogP contribution in [-0.2, 0) is 11.8 Å². The van der Waals surface area contributed by atoms with E-state index in [1.807, 2.05) is 11.3 Å². The maximum absolute atomic E-state index is 3.85. The molecule has 0 spiro atoms. The summed E-state index contributed by atoms with van der Waals surface area (Å²) in [6.07, 6.45) is 6.36. The zero-order valence-electron chi connectivity index (χ0n) is 12.8. The summed E-state index contributed by atoms with van der Waals surface area (Å²) in [5.74, 6) is 0. The zero-order valence-corrected chi connectivity index (χ0v) is 13.7. The van der Waals surface area contributed by atoms with Crippen LogP contribution in [-0.4, -0.2) is 12.6 Å². The third-order valence-corrected chi connectivity index (χ3v) is 5.65. The van der Waals surface area contributed by atoms with E-state index >= 15 is 0 Å². The average molecular weight is 299 g/mol. The molecule has 1 aromatic carbocycles. The van der Waals surface area contributed by atoms with Crippen molar-refractivity contribution >= 4 is 11.3 Å². The maximum atomic E-state index is 3.85. The lowest BCUT2D eigenvalue weighted by atomic mass is 9.59. The van der Waals surface area contributed by atoms with E-state index in [0.717, 1.165) is 13.0 Å². The standard InChI is InChI=1S/C19H25NS/c1-2-12-20-18(14-16-9-13-21-15-16)19(10-6-11-19)17-7-4-3-5-8-17/h3-5,7-9,13,15,18,20H,2,6,10-12,14H2,1H3. The third-order valence-electron chi connectivity index (χ3n) is 4.92. The molecular weight excluding hydrogens is 274 g/mol. The summed E-state index contributed by atoms with van der Waals surface area (Å²) in [4.78, 5) is 0. The Labute approximate surface area is 132 Å². The highest BCUT2D eigenvalue weighted by atomic mass is 32.1. The van der Waals surface area contributed by atoms with E-state index in [1.54, 1.807) is 0 Å². The van der Waals surface area contributed by atoms with Crippen LogP contribution in [0.15, 0.2) is 47.2 Å². The Kier molecular flexibility index (Phi) is 4.77. The van der Waals surface area contributed by atoms with Gasteiger partial charge in [0, 0.05) is 11.5 Å². The lowest BCUT2D eigenvalue weighted by molar-refractivity contribution is 0.168. The number of thiophene rings is 1. The Morgan fingerprint density at radius 2 is 2.00 bits per heavy atom. The quantitative estimate of drug-likeness (QED) is 0.776. The fraction of sp³-hybridized carbons (Fsp3) is 0.474. The summed E-state index contributed by atoms with van der Waals surface area (Å²) in [5.41, 5.74) is 3.36. The van der Waals surface area contributed by atoms with E-state index in [2.05, 4.69) is 59.4 Å². The highest BCUT2D eigenvalue weighted by Crippen LogP contribution is 2.47. The van der Waals surface area contributed by atoms with E-state index in [0.29, 0.717) is 11.5 Å². The Morgan fingerprint density at radius 3 is 2.57 bits per heavy atom. The maximum Gasteiger partial charge on any atom is 0.0205 e. The van der Waals surface area contributed by atoms with E-state index in [9.17, 15) is 0 Å². The highest BCUT2D eigenvalue weighted by molar-refractivity contribution is 7.07. The molecule has 112 valence electrons. The zero-order chi connectivity index (χ0) is 14.5. The molecule has 2 heteroatoms. The molecule has 1 heterocycles. The summed E-state index contributed by atoms with van der Waals surface area (Å²) >= 11 is 1.81. The van der Waals surface area contributed by atoms with E-state index in [1.165, 1.54) is 36.8 Å². The van der Waals surface area contributed by atoms with Crippen LogP contribution in [0.2, 0.25) is 0 Å². The molecule has 1 unspecified atom stereocenters. The van der Waals surface area contributed by atoms with Crippen molar-refractivity contribution in [2.24, 2.45) is 0 Å². The van der Waals surface area contributed by atoms with Crippen molar-refractivity contribution in [3.05, 3.63) is 58.3 Å². The molecule has 0 bridgehead atoms. The predicted octanol–water partition coefficient (Wildman–Crippen LogP) is 4.78. The van der Waals surface area contributed by atoms with Crippen molar-refractivity contribution in [1.82, 2.24) is 5.32 Å². The van der Waals surface area contributed by atoms with Crippen molar-refractivity contribution in [1.29, 1.82) is 0 Å². The monoisotopic (exact) mass is 299 g/mol. The number of benzene rings is 1. The number of nitrogens with one attached hydrogen (secondary N) is 1. The van der Waals surface area contributed by atoms with E-state index in [-0.39, 0.29) is 0 Å². The van der Waals surface area contributed by atoms with Gasteiger partial charge in [0.25, 0.3) is 0 Å². The van der Waals surface area contributed by atoms with Crippen LogP contribution in [0.25, 0.3) is 0 Å². The van der Waals surface area contributed by atoms with Gasteiger partial charge in [-0.15, -0.1) is 0 Å². The second-order valence-corrected chi connectivity index (χ2v) is 7.00. The molecule has 1 N–H and O–H groups in total. The summed E-state index contributed by atoms with van der Waals surface area (Å²) in [6, 6.07) is 14.0. The second-order valence-electron chi connectivity index (χ2n) is 6.22. The molecule has 1 saturated carbocycles. The van der Waals surface area contributed by atoms with Crippen molar-refractivity contribution in [3.63, 3.8) is 0 Å². The molecule has 1 aliphatic carbocycles. The van der Waals surface area contributed by atoms with Gasteiger partial charge in [0.1, 0.15) is 0 Å². The van der Waals surface area contributed by atoms with Gasteiger partial charge in [-0.3, -0.25) is 0 Å². The topological polar surface area (TPSA) is 12.0 Å². The Hall–Kier alpha value is -1.12. The minimum absolute atomic E-state index is 0.346. The summed E-state index contributed by atoms with van der Waals surface area (Å²) in [7, 11) is 0. The van der Waals surface area contributed by atoms with Crippen molar-refractivity contribution in [2.75, 3.05) is 6.54 Å². The minimum Gasteiger partial charge on any atom is -0.313 e. The van der Waals surface area contributed by atoms with Gasteiger partial charge in [0.05, 0.1) is 0 Å². The van der Waals surface area contributed by atoms with Crippen LogP contribution >= 0.6 is 11.3 Å². The molecule has 0 amide bonds. The molecule has 1 aromatic heterocycles. The lowest BCUT2D eigenvalue weighted by Gasteiger charge is -2.49. The largest absolute Gasteiger partial charge is 0.313 e. The Morgan fingerprint density at radius 1 is 1.19 bits per heavy atom. The third kappa shape index (κ3) is 3.07. The van der Waals surface area contributed by atoms with E-state index < -0.39 is 0 Å².